The standard InChI is InChI=1S/C78H139NO8/c1-6-8-10-12-14-16-18-20-22-24-26-28-29-30-31-32-33-34-35-36-37-38-39-40-41-42-43-44-45-46-47-49-51-53-55-57-59-61-63-65-67-69-76(81)87-74(73-86-78(77(82)83)84-71-70-79(3,4)5)72-85-75(80)68-66-64-62-60-58-56-54-52-50-48-27-25-23-21-19-17-15-13-11-9-7-2/h8,10,14,16,19-22,25-28,30-31,74,78H,6-7,9,11-13,15,17-18,23-24,29,32-73H2,1-5H3/b10-8-,16-14-,21-19-,22-20-,27-25-,28-26-,31-30-. The van der Waals surface area contributed by atoms with Crippen LogP contribution in [0.1, 0.15) is 335 Å². The zero-order valence-corrected chi connectivity index (χ0v) is 57.6. The molecule has 504 valence electrons. The molecule has 0 aliphatic rings. The average Bonchev–Trinajstić information content (AvgIpc) is 3.59. The van der Waals surface area contributed by atoms with Crippen molar-refractivity contribution in [3.63, 3.8) is 0 Å². The van der Waals surface area contributed by atoms with Crippen molar-refractivity contribution in [2.75, 3.05) is 47.5 Å². The molecule has 0 aliphatic heterocycles. The van der Waals surface area contributed by atoms with E-state index in [1.807, 2.05) is 21.1 Å². The number of carboxylic acid groups (broad SMARTS) is 1. The number of carbonyl (C=O) groups is 3. The molecule has 0 heterocycles. The molecule has 9 nitrogen and oxygen atoms in total. The van der Waals surface area contributed by atoms with Gasteiger partial charge in [0.15, 0.2) is 12.4 Å². The summed E-state index contributed by atoms with van der Waals surface area (Å²) < 4.78 is 22.8. The number of rotatable bonds is 68. The summed E-state index contributed by atoms with van der Waals surface area (Å²) >= 11 is 0. The highest BCUT2D eigenvalue weighted by Gasteiger charge is 2.22. The van der Waals surface area contributed by atoms with Gasteiger partial charge in [-0.15, -0.1) is 0 Å². The molecule has 0 rings (SSSR count). The summed E-state index contributed by atoms with van der Waals surface area (Å²) in [6, 6.07) is 0. The van der Waals surface area contributed by atoms with Gasteiger partial charge in [0.1, 0.15) is 13.2 Å². The van der Waals surface area contributed by atoms with Gasteiger partial charge < -0.3 is 33.3 Å². The van der Waals surface area contributed by atoms with Gasteiger partial charge in [-0.1, -0.05) is 317 Å². The first-order chi connectivity index (χ1) is 42.6. The van der Waals surface area contributed by atoms with E-state index in [1.165, 1.54) is 231 Å². The Hall–Kier alpha value is -3.53. The molecule has 0 aromatic heterocycles. The average molecular weight is 1220 g/mol. The van der Waals surface area contributed by atoms with E-state index >= 15 is 0 Å². The van der Waals surface area contributed by atoms with Crippen molar-refractivity contribution in [2.24, 2.45) is 0 Å². The van der Waals surface area contributed by atoms with Crippen molar-refractivity contribution in [2.45, 2.75) is 347 Å². The van der Waals surface area contributed by atoms with Crippen LogP contribution in [0.5, 0.6) is 0 Å². The number of quaternary nitrogens is 1. The minimum Gasteiger partial charge on any atom is -0.545 e. The molecule has 0 N–H and O–H groups in total. The lowest BCUT2D eigenvalue weighted by atomic mass is 10.0. The largest absolute Gasteiger partial charge is 0.545 e. The van der Waals surface area contributed by atoms with Crippen LogP contribution in [-0.4, -0.2) is 82.3 Å². The third kappa shape index (κ3) is 69.8. The molecule has 9 heteroatoms. The molecular weight excluding hydrogens is 1080 g/mol. The predicted molar refractivity (Wildman–Crippen MR) is 371 cm³/mol. The summed E-state index contributed by atoms with van der Waals surface area (Å²) in [5.74, 6) is -2.27. The van der Waals surface area contributed by atoms with Crippen molar-refractivity contribution < 1.29 is 42.9 Å². The number of carbonyl (C=O) groups excluding carboxylic acids is 3. The summed E-state index contributed by atoms with van der Waals surface area (Å²) in [5, 5.41) is 11.8. The van der Waals surface area contributed by atoms with Crippen molar-refractivity contribution in [3.8, 4) is 0 Å². The number of ether oxygens (including phenoxy) is 4. The quantitative estimate of drug-likeness (QED) is 0.0195. The first-order valence-corrected chi connectivity index (χ1v) is 36.7. The maximum atomic E-state index is 12.9. The van der Waals surface area contributed by atoms with Gasteiger partial charge in [-0.2, -0.15) is 0 Å². The van der Waals surface area contributed by atoms with Crippen LogP contribution in [-0.2, 0) is 33.3 Å². The molecule has 87 heavy (non-hydrogen) atoms. The molecule has 0 spiro atoms. The monoisotopic (exact) mass is 1220 g/mol. The van der Waals surface area contributed by atoms with Crippen LogP contribution in [0, 0.1) is 0 Å². The van der Waals surface area contributed by atoms with Gasteiger partial charge in [-0.3, -0.25) is 9.59 Å². The molecule has 0 saturated heterocycles. The van der Waals surface area contributed by atoms with Crippen LogP contribution in [0.3, 0.4) is 0 Å². The Bertz CT molecular complexity index is 1700. The van der Waals surface area contributed by atoms with E-state index in [-0.39, 0.29) is 38.6 Å². The maximum Gasteiger partial charge on any atom is 0.306 e. The van der Waals surface area contributed by atoms with Gasteiger partial charge in [-0.25, -0.2) is 0 Å². The van der Waals surface area contributed by atoms with Crippen molar-refractivity contribution in [3.05, 3.63) is 85.1 Å². The number of aliphatic carboxylic acids is 1. The zero-order valence-electron chi connectivity index (χ0n) is 57.6. The molecule has 0 aliphatic carbocycles. The van der Waals surface area contributed by atoms with E-state index in [0.29, 0.717) is 17.4 Å². The summed E-state index contributed by atoms with van der Waals surface area (Å²) in [6.45, 7) is 4.66. The molecule has 2 unspecified atom stereocenters. The normalized spacial score (nSPS) is 13.2. The summed E-state index contributed by atoms with van der Waals surface area (Å²) in [7, 11) is 5.94. The van der Waals surface area contributed by atoms with E-state index in [1.54, 1.807) is 0 Å². The Morgan fingerprint density at radius 3 is 0.977 bits per heavy atom. The summed E-state index contributed by atoms with van der Waals surface area (Å²) in [6.07, 6.45) is 89.7. The Balaban J connectivity index is 3.98. The van der Waals surface area contributed by atoms with Crippen LogP contribution in [0.4, 0.5) is 0 Å². The Kier molecular flexibility index (Phi) is 65.6. The highest BCUT2D eigenvalue weighted by Crippen LogP contribution is 2.18. The van der Waals surface area contributed by atoms with Crippen molar-refractivity contribution in [1.29, 1.82) is 0 Å². The number of likely N-dealkylation sites (N-methyl/N-ethyl adjacent to an activating group) is 1. The van der Waals surface area contributed by atoms with Gasteiger partial charge >= 0.3 is 11.9 Å². The van der Waals surface area contributed by atoms with Gasteiger partial charge in [-0.05, 0) is 89.9 Å². The third-order valence-electron chi connectivity index (χ3n) is 16.1. The summed E-state index contributed by atoms with van der Waals surface area (Å²) in [4.78, 5) is 37.5. The summed E-state index contributed by atoms with van der Waals surface area (Å²) in [5.41, 5.74) is 0. The van der Waals surface area contributed by atoms with E-state index < -0.39 is 24.3 Å². The molecule has 0 radical (unpaired) electrons. The van der Waals surface area contributed by atoms with E-state index in [0.717, 1.165) is 70.6 Å². The highest BCUT2D eigenvalue weighted by atomic mass is 16.7. The van der Waals surface area contributed by atoms with Crippen LogP contribution in [0.15, 0.2) is 85.1 Å². The van der Waals surface area contributed by atoms with Crippen LogP contribution in [0.25, 0.3) is 0 Å². The lowest BCUT2D eigenvalue weighted by Gasteiger charge is -2.26. The second-order valence-electron chi connectivity index (χ2n) is 25.9. The number of hydrogen-bond acceptors (Lipinski definition) is 8. The number of hydrogen-bond donors (Lipinski definition) is 0. The Morgan fingerprint density at radius 1 is 0.356 bits per heavy atom. The lowest BCUT2D eigenvalue weighted by molar-refractivity contribution is -0.870. The highest BCUT2D eigenvalue weighted by molar-refractivity contribution is 5.70. The first kappa shape index (κ1) is 83.5. The van der Waals surface area contributed by atoms with Crippen LogP contribution >= 0.6 is 0 Å². The zero-order chi connectivity index (χ0) is 63.3. The van der Waals surface area contributed by atoms with Gasteiger partial charge in [0, 0.05) is 12.8 Å². The smallest absolute Gasteiger partial charge is 0.306 e. The molecule has 0 aromatic carbocycles. The van der Waals surface area contributed by atoms with E-state index in [4.69, 9.17) is 18.9 Å². The number of allylic oxidation sites excluding steroid dienone is 14. The predicted octanol–water partition coefficient (Wildman–Crippen LogP) is 21.7. The molecular formula is C78H139NO8. The van der Waals surface area contributed by atoms with Gasteiger partial charge in [0.2, 0.25) is 0 Å². The second kappa shape index (κ2) is 68.4. The number of nitrogens with zero attached hydrogens (tertiary/aromatic N) is 1. The fourth-order valence-electron chi connectivity index (χ4n) is 10.5. The van der Waals surface area contributed by atoms with Crippen molar-refractivity contribution >= 4 is 17.9 Å². The Labute approximate surface area is 538 Å². The number of esters is 2. The molecule has 0 amide bonds. The molecule has 0 saturated carbocycles. The molecule has 2 atom stereocenters. The van der Waals surface area contributed by atoms with Crippen LogP contribution < -0.4 is 5.11 Å². The minimum atomic E-state index is -1.62. The lowest BCUT2D eigenvalue weighted by Crippen LogP contribution is -2.44. The van der Waals surface area contributed by atoms with E-state index in [9.17, 15) is 19.5 Å². The SMILES string of the molecule is CC/C=C\C/C=C\C/C=C\C/C=C\C/C=C\CCCCCCCCCCCCCCCCCCCCCCCCCCCC(=O)OC(COC(=O)CCCCCCCCCCC/C=C\C/C=C\CCCCCCC)COC(OCC[N+](C)(C)C)C(=O)[O-]. The van der Waals surface area contributed by atoms with Crippen LogP contribution in [0.2, 0.25) is 0 Å². The fraction of sp³-hybridized carbons (Fsp3) is 0.782. The fourth-order valence-corrected chi connectivity index (χ4v) is 10.5. The second-order valence-corrected chi connectivity index (χ2v) is 25.9. The molecule has 0 bridgehead atoms. The van der Waals surface area contributed by atoms with Gasteiger partial charge in [0.05, 0.1) is 40.3 Å². The third-order valence-corrected chi connectivity index (χ3v) is 16.1. The molecule has 0 aromatic rings. The minimum absolute atomic E-state index is 0.147. The van der Waals surface area contributed by atoms with Crippen molar-refractivity contribution in [1.82, 2.24) is 0 Å². The van der Waals surface area contributed by atoms with E-state index in [2.05, 4.69) is 98.9 Å². The Morgan fingerprint density at radius 2 is 0.655 bits per heavy atom. The maximum absolute atomic E-state index is 12.9. The number of carboxylic acids is 1. The topological polar surface area (TPSA) is 111 Å². The van der Waals surface area contributed by atoms with Gasteiger partial charge in [0.25, 0.3) is 0 Å². The molecule has 0 fully saturated rings. The number of unbranched alkanes of at least 4 members (excludes halogenated alkanes) is 39. The first-order valence-electron chi connectivity index (χ1n) is 36.7.